The Morgan fingerprint density at radius 1 is 1.29 bits per heavy atom. The molecule has 3 heterocycles. The summed E-state index contributed by atoms with van der Waals surface area (Å²) >= 11 is 7.73. The zero-order chi connectivity index (χ0) is 21.8. The van der Waals surface area contributed by atoms with Gasteiger partial charge in [0.25, 0.3) is 6.29 Å². The fraction of sp³-hybridized carbons (Fsp3) is 0.300. The van der Waals surface area contributed by atoms with E-state index in [9.17, 15) is 4.79 Å². The molecule has 2 unspecified atom stereocenters. The number of anilines is 1. The van der Waals surface area contributed by atoms with E-state index in [1.54, 1.807) is 41.1 Å². The van der Waals surface area contributed by atoms with Crippen molar-refractivity contribution in [3.8, 4) is 17.4 Å². The molecule has 0 radical (unpaired) electrons. The summed E-state index contributed by atoms with van der Waals surface area (Å²) in [5.41, 5.74) is 0. The zero-order valence-corrected chi connectivity index (χ0v) is 18.4. The number of ether oxygens (including phenoxy) is 2. The van der Waals surface area contributed by atoms with Crippen molar-refractivity contribution in [1.29, 1.82) is 0 Å². The molecule has 0 saturated carbocycles. The van der Waals surface area contributed by atoms with Crippen molar-refractivity contribution < 1.29 is 14.3 Å². The number of hydrogen-bond donors (Lipinski definition) is 2. The number of amides is 1. The minimum absolute atomic E-state index is 0.0481. The van der Waals surface area contributed by atoms with Gasteiger partial charge in [0.15, 0.2) is 11.5 Å². The summed E-state index contributed by atoms with van der Waals surface area (Å²) in [6.07, 6.45) is 6.27. The zero-order valence-electron chi connectivity index (χ0n) is 16.9. The van der Waals surface area contributed by atoms with Crippen molar-refractivity contribution in [2.24, 2.45) is 0 Å². The van der Waals surface area contributed by atoms with Crippen LogP contribution in [0.15, 0.2) is 49.1 Å². The molecule has 1 amide bonds. The number of rotatable bonds is 8. The number of aromatic nitrogens is 4. The second kappa shape index (κ2) is 9.44. The monoisotopic (exact) mass is 460 g/mol. The summed E-state index contributed by atoms with van der Waals surface area (Å²) in [6.45, 7) is 2.16. The van der Waals surface area contributed by atoms with E-state index in [1.807, 2.05) is 37.4 Å². The molecule has 0 aliphatic carbocycles. The number of carbonyl (C=O) groups excluding carboxylic acids is 1. The van der Waals surface area contributed by atoms with Crippen molar-refractivity contribution in [2.75, 3.05) is 18.1 Å². The highest BCUT2D eigenvalue weighted by atomic mass is 35.5. The maximum Gasteiger partial charge on any atom is 0.258 e. The molecule has 0 saturated heterocycles. The predicted molar refractivity (Wildman–Crippen MR) is 119 cm³/mol. The van der Waals surface area contributed by atoms with Gasteiger partial charge in [-0.25, -0.2) is 9.97 Å². The summed E-state index contributed by atoms with van der Waals surface area (Å²) < 4.78 is 13.0. The Kier molecular flexibility index (Phi) is 6.47. The van der Waals surface area contributed by atoms with E-state index < -0.39 is 12.3 Å². The van der Waals surface area contributed by atoms with E-state index in [1.165, 1.54) is 0 Å². The number of nitrogens with zero attached hydrogens (tertiary/aromatic N) is 4. The van der Waals surface area contributed by atoms with E-state index >= 15 is 0 Å². The van der Waals surface area contributed by atoms with Gasteiger partial charge in [-0.15, -0.1) is 0 Å². The van der Waals surface area contributed by atoms with Gasteiger partial charge in [0.2, 0.25) is 11.9 Å². The third kappa shape index (κ3) is 5.02. The van der Waals surface area contributed by atoms with E-state index in [0.29, 0.717) is 23.3 Å². The molecule has 0 spiro atoms. The number of fused-ring (bicyclic) bond motifs is 1. The second-order valence-corrected chi connectivity index (χ2v) is 8.37. The van der Waals surface area contributed by atoms with E-state index in [4.69, 9.17) is 21.1 Å². The van der Waals surface area contributed by atoms with Crippen molar-refractivity contribution in [3.05, 3.63) is 54.2 Å². The minimum Gasteiger partial charge on any atom is -0.449 e. The summed E-state index contributed by atoms with van der Waals surface area (Å²) in [7, 11) is 0. The van der Waals surface area contributed by atoms with Crippen LogP contribution in [0.1, 0.15) is 6.92 Å². The molecule has 0 fully saturated rings. The predicted octanol–water partition coefficient (Wildman–Crippen LogP) is 2.76. The Morgan fingerprint density at radius 2 is 2.03 bits per heavy atom. The highest BCUT2D eigenvalue weighted by molar-refractivity contribution is 7.99. The topological polar surface area (TPSA) is 103 Å². The SMILES string of the molecule is CSC(C)C(Nc1cc(Cl)nc(-n2ccnc2)n1)C(=O)NCC1Oc2ccccc2O1. The minimum atomic E-state index is -0.576. The van der Waals surface area contributed by atoms with Gasteiger partial charge in [-0.2, -0.15) is 16.7 Å². The number of hydrogen-bond acceptors (Lipinski definition) is 8. The van der Waals surface area contributed by atoms with E-state index in [-0.39, 0.29) is 22.9 Å². The number of carbonyl (C=O) groups is 1. The smallest absolute Gasteiger partial charge is 0.258 e. The van der Waals surface area contributed by atoms with Crippen LogP contribution in [0.5, 0.6) is 11.5 Å². The lowest BCUT2D eigenvalue weighted by Gasteiger charge is -2.24. The number of nitrogens with one attached hydrogen (secondary N) is 2. The van der Waals surface area contributed by atoms with E-state index in [2.05, 4.69) is 25.6 Å². The quantitative estimate of drug-likeness (QED) is 0.494. The second-order valence-electron chi connectivity index (χ2n) is 6.77. The fourth-order valence-electron chi connectivity index (χ4n) is 2.99. The number of benzene rings is 1. The van der Waals surface area contributed by atoms with Gasteiger partial charge in [0.05, 0.1) is 6.54 Å². The molecule has 9 nitrogen and oxygen atoms in total. The van der Waals surface area contributed by atoms with Gasteiger partial charge in [-0.3, -0.25) is 9.36 Å². The standard InChI is InChI=1S/C20H21ClN6O3S/c1-12(31-2)18(19(28)23-10-17-29-13-5-3-4-6-14(13)30-17)25-16-9-15(21)24-20(26-16)27-8-7-22-11-27/h3-9,11-12,17-18H,10H2,1-2H3,(H,23,28)(H,24,25,26). The molecule has 2 aromatic heterocycles. The molecular formula is C20H21ClN6O3S. The van der Waals surface area contributed by atoms with Crippen molar-refractivity contribution >= 4 is 35.1 Å². The van der Waals surface area contributed by atoms with Gasteiger partial charge in [0.1, 0.15) is 23.3 Å². The van der Waals surface area contributed by atoms with E-state index in [0.717, 1.165) is 0 Å². The molecule has 4 rings (SSSR count). The Morgan fingerprint density at radius 3 is 2.68 bits per heavy atom. The molecule has 2 atom stereocenters. The first-order valence-electron chi connectivity index (χ1n) is 9.56. The van der Waals surface area contributed by atoms with Crippen LogP contribution < -0.4 is 20.1 Å². The number of halogens is 1. The lowest BCUT2D eigenvalue weighted by atomic mass is 10.2. The first-order chi connectivity index (χ1) is 15.0. The average Bonchev–Trinajstić information content (AvgIpc) is 3.44. The lowest BCUT2D eigenvalue weighted by molar-refractivity contribution is -0.122. The number of thioether (sulfide) groups is 1. The molecule has 162 valence electrons. The van der Waals surface area contributed by atoms with Gasteiger partial charge in [-0.1, -0.05) is 30.7 Å². The molecular weight excluding hydrogens is 440 g/mol. The highest BCUT2D eigenvalue weighted by Crippen LogP contribution is 2.33. The molecule has 0 bridgehead atoms. The van der Waals surface area contributed by atoms with Crippen molar-refractivity contribution in [2.45, 2.75) is 24.5 Å². The lowest BCUT2D eigenvalue weighted by Crippen LogP contribution is -2.48. The van der Waals surface area contributed by atoms with Crippen LogP contribution in [0.25, 0.3) is 5.95 Å². The van der Waals surface area contributed by atoms with Crippen LogP contribution in [0.4, 0.5) is 5.82 Å². The van der Waals surface area contributed by atoms with Crippen LogP contribution in [0.3, 0.4) is 0 Å². The first kappa shape index (κ1) is 21.3. The summed E-state index contributed by atoms with van der Waals surface area (Å²) in [6, 6.07) is 8.40. The van der Waals surface area contributed by atoms with Crippen LogP contribution in [0.2, 0.25) is 5.15 Å². The molecule has 2 N–H and O–H groups in total. The third-order valence-electron chi connectivity index (χ3n) is 4.65. The van der Waals surface area contributed by atoms with Crippen LogP contribution in [-0.4, -0.2) is 55.8 Å². The van der Waals surface area contributed by atoms with Crippen LogP contribution >= 0.6 is 23.4 Å². The Labute approximate surface area is 188 Å². The largest absolute Gasteiger partial charge is 0.449 e. The Balaban J connectivity index is 1.43. The number of imidazole rings is 1. The Bertz CT molecular complexity index is 1030. The van der Waals surface area contributed by atoms with Gasteiger partial charge < -0.3 is 20.1 Å². The summed E-state index contributed by atoms with van der Waals surface area (Å²) in [5.74, 6) is 1.91. The summed E-state index contributed by atoms with van der Waals surface area (Å²) in [5, 5.41) is 6.28. The molecule has 1 aromatic carbocycles. The maximum absolute atomic E-state index is 13.0. The number of para-hydroxylation sites is 2. The molecule has 11 heteroatoms. The van der Waals surface area contributed by atoms with Gasteiger partial charge in [0, 0.05) is 23.7 Å². The van der Waals surface area contributed by atoms with Crippen LogP contribution in [-0.2, 0) is 4.79 Å². The molecule has 1 aliphatic rings. The van der Waals surface area contributed by atoms with Gasteiger partial charge >= 0.3 is 0 Å². The first-order valence-corrected chi connectivity index (χ1v) is 11.2. The fourth-order valence-corrected chi connectivity index (χ4v) is 3.64. The Hall–Kier alpha value is -2.98. The third-order valence-corrected chi connectivity index (χ3v) is 5.86. The highest BCUT2D eigenvalue weighted by Gasteiger charge is 2.29. The molecule has 1 aliphatic heterocycles. The van der Waals surface area contributed by atoms with Crippen molar-refractivity contribution in [3.63, 3.8) is 0 Å². The average molecular weight is 461 g/mol. The molecule has 31 heavy (non-hydrogen) atoms. The van der Waals surface area contributed by atoms with Crippen LogP contribution in [0, 0.1) is 0 Å². The normalized spacial score (nSPS) is 14.8. The summed E-state index contributed by atoms with van der Waals surface area (Å²) in [4.78, 5) is 25.6. The van der Waals surface area contributed by atoms with Gasteiger partial charge in [-0.05, 0) is 18.4 Å². The molecule has 3 aromatic rings. The maximum atomic E-state index is 13.0. The van der Waals surface area contributed by atoms with Crippen molar-refractivity contribution in [1.82, 2.24) is 24.8 Å².